The maximum Gasteiger partial charge on any atom is 0.223 e. The van der Waals surface area contributed by atoms with Crippen LogP contribution >= 0.6 is 11.3 Å². The molecule has 0 bridgehead atoms. The van der Waals surface area contributed by atoms with Crippen LogP contribution in [-0.4, -0.2) is 29.1 Å². The minimum Gasteiger partial charge on any atom is -0.395 e. The van der Waals surface area contributed by atoms with Gasteiger partial charge in [0.1, 0.15) is 0 Å². The Morgan fingerprint density at radius 2 is 2.24 bits per heavy atom. The van der Waals surface area contributed by atoms with Crippen molar-refractivity contribution in [2.24, 2.45) is 11.3 Å². The first-order chi connectivity index (χ1) is 9.90. The highest BCUT2D eigenvalue weighted by atomic mass is 32.1. The van der Waals surface area contributed by atoms with Crippen LogP contribution in [0.5, 0.6) is 0 Å². The predicted octanol–water partition coefficient (Wildman–Crippen LogP) is 2.88. The monoisotopic (exact) mass is 305 g/mol. The molecule has 1 aliphatic rings. The largest absolute Gasteiger partial charge is 0.395 e. The van der Waals surface area contributed by atoms with E-state index in [1.807, 2.05) is 16.3 Å². The molecule has 114 valence electrons. The highest BCUT2D eigenvalue weighted by molar-refractivity contribution is 7.10. The molecule has 3 nitrogen and oxygen atoms in total. The van der Waals surface area contributed by atoms with Crippen molar-refractivity contribution < 1.29 is 9.90 Å². The van der Waals surface area contributed by atoms with E-state index in [0.29, 0.717) is 25.3 Å². The second kappa shape index (κ2) is 6.64. The molecule has 0 aromatic carbocycles. The normalized spacial score (nSPS) is 18.8. The Balaban J connectivity index is 1.97. The molecule has 1 fully saturated rings. The summed E-state index contributed by atoms with van der Waals surface area (Å²) in [6, 6.07) is 2.05. The summed E-state index contributed by atoms with van der Waals surface area (Å²) in [5, 5.41) is 10.7. The number of nitrogens with zero attached hydrogens (tertiary/aromatic N) is 1. The van der Waals surface area contributed by atoms with Gasteiger partial charge in [-0.05, 0) is 17.4 Å². The van der Waals surface area contributed by atoms with Crippen molar-refractivity contribution >= 4 is 17.2 Å². The highest BCUT2D eigenvalue weighted by Crippen LogP contribution is 2.35. The Morgan fingerprint density at radius 3 is 2.86 bits per heavy atom. The van der Waals surface area contributed by atoms with Crippen LogP contribution in [0.15, 0.2) is 11.4 Å². The van der Waals surface area contributed by atoms with Gasteiger partial charge in [0.2, 0.25) is 5.91 Å². The van der Waals surface area contributed by atoms with Crippen molar-refractivity contribution in [1.29, 1.82) is 0 Å². The number of thiophene rings is 1. The first-order valence-corrected chi connectivity index (χ1v) is 8.23. The van der Waals surface area contributed by atoms with Crippen LogP contribution in [0.2, 0.25) is 0 Å². The van der Waals surface area contributed by atoms with Gasteiger partial charge in [0.25, 0.3) is 0 Å². The van der Waals surface area contributed by atoms with Crippen molar-refractivity contribution in [2.75, 3.05) is 13.2 Å². The van der Waals surface area contributed by atoms with E-state index in [-0.39, 0.29) is 17.9 Å². The van der Waals surface area contributed by atoms with Gasteiger partial charge in [-0.1, -0.05) is 32.6 Å². The third-order valence-electron chi connectivity index (χ3n) is 3.91. The van der Waals surface area contributed by atoms with Crippen molar-refractivity contribution in [3.8, 4) is 11.8 Å². The number of carbonyl (C=O) groups excluding carboxylic acids is 1. The number of hydrogen-bond donors (Lipinski definition) is 1. The van der Waals surface area contributed by atoms with Crippen LogP contribution in [0.1, 0.15) is 44.1 Å². The fraction of sp³-hybridized carbons (Fsp3) is 0.588. The molecule has 1 N–H and O–H groups in total. The third kappa shape index (κ3) is 4.33. The number of hydrogen-bond acceptors (Lipinski definition) is 3. The molecule has 1 saturated heterocycles. The van der Waals surface area contributed by atoms with E-state index in [4.69, 9.17) is 5.11 Å². The van der Waals surface area contributed by atoms with Crippen LogP contribution in [0, 0.1) is 23.2 Å². The molecule has 1 unspecified atom stereocenters. The van der Waals surface area contributed by atoms with Gasteiger partial charge in [-0.3, -0.25) is 4.79 Å². The minimum atomic E-state index is 0.0977. The molecule has 1 amide bonds. The molecular formula is C17H23NO2S. The molecule has 0 saturated carbocycles. The summed E-state index contributed by atoms with van der Waals surface area (Å²) >= 11 is 1.65. The van der Waals surface area contributed by atoms with E-state index in [1.165, 1.54) is 4.88 Å². The van der Waals surface area contributed by atoms with Crippen molar-refractivity contribution in [3.63, 3.8) is 0 Å². The Kier molecular flexibility index (Phi) is 5.08. The van der Waals surface area contributed by atoms with E-state index in [1.54, 1.807) is 11.3 Å². The summed E-state index contributed by atoms with van der Waals surface area (Å²) in [7, 11) is 0. The van der Waals surface area contributed by atoms with Crippen LogP contribution < -0.4 is 0 Å². The summed E-state index contributed by atoms with van der Waals surface area (Å²) in [6.45, 7) is 8.25. The fourth-order valence-electron chi connectivity index (χ4n) is 2.44. The van der Waals surface area contributed by atoms with Gasteiger partial charge in [-0.2, -0.15) is 0 Å². The lowest BCUT2D eigenvalue weighted by molar-refractivity contribution is -0.128. The van der Waals surface area contributed by atoms with Gasteiger partial charge in [-0.15, -0.1) is 11.3 Å². The molecule has 0 radical (unpaired) electrons. The molecule has 1 atom stereocenters. The molecule has 4 heteroatoms. The average molecular weight is 305 g/mol. The first kappa shape index (κ1) is 16.1. The molecule has 1 aromatic heterocycles. The van der Waals surface area contributed by atoms with E-state index in [9.17, 15) is 4.79 Å². The minimum absolute atomic E-state index is 0.0977. The number of aliphatic hydroxyl groups excluding tert-OH is 1. The smallest absolute Gasteiger partial charge is 0.223 e. The second-order valence-electron chi connectivity index (χ2n) is 6.62. The average Bonchev–Trinajstić information content (AvgIpc) is 2.98. The van der Waals surface area contributed by atoms with E-state index >= 15 is 0 Å². The summed E-state index contributed by atoms with van der Waals surface area (Å²) in [5.41, 5.74) is 1.16. The van der Waals surface area contributed by atoms with Crippen LogP contribution in [0.4, 0.5) is 0 Å². The number of carbonyl (C=O) groups is 1. The molecule has 2 heterocycles. The van der Waals surface area contributed by atoms with Gasteiger partial charge in [0.15, 0.2) is 0 Å². The third-order valence-corrected chi connectivity index (χ3v) is 4.83. The van der Waals surface area contributed by atoms with Gasteiger partial charge in [-0.25, -0.2) is 0 Å². The van der Waals surface area contributed by atoms with Crippen molar-refractivity contribution in [1.82, 2.24) is 4.90 Å². The number of amides is 1. The summed E-state index contributed by atoms with van der Waals surface area (Å²) < 4.78 is 0. The zero-order valence-electron chi connectivity index (χ0n) is 13.0. The van der Waals surface area contributed by atoms with Crippen LogP contribution in [0.3, 0.4) is 0 Å². The summed E-state index contributed by atoms with van der Waals surface area (Å²) in [5.74, 6) is 6.65. The van der Waals surface area contributed by atoms with E-state index in [2.05, 4.69) is 32.6 Å². The standard InChI is InChI=1S/C17H23NO2S/c1-17(2,3)14-9-16(20)18(10-14)11-15-8-13(12-21-15)6-4-5-7-19/h8,12,14,19H,5,7,9-11H2,1-3H3. The SMILES string of the molecule is CC(C)(C)C1CC(=O)N(Cc2cc(C#CCCO)cs2)C1. The molecule has 0 spiro atoms. The second-order valence-corrected chi connectivity index (χ2v) is 7.61. The topological polar surface area (TPSA) is 40.5 Å². The maximum atomic E-state index is 12.1. The van der Waals surface area contributed by atoms with Gasteiger partial charge in [0.05, 0.1) is 13.2 Å². The Bertz CT molecular complexity index is 559. The lowest BCUT2D eigenvalue weighted by Crippen LogP contribution is -2.27. The molecule has 21 heavy (non-hydrogen) atoms. The number of aliphatic hydroxyl groups is 1. The Morgan fingerprint density at radius 1 is 1.48 bits per heavy atom. The molecule has 2 rings (SSSR count). The quantitative estimate of drug-likeness (QED) is 0.872. The van der Waals surface area contributed by atoms with Crippen molar-refractivity contribution in [3.05, 3.63) is 21.9 Å². The van der Waals surface area contributed by atoms with Crippen LogP contribution in [-0.2, 0) is 11.3 Å². The van der Waals surface area contributed by atoms with Gasteiger partial charge >= 0.3 is 0 Å². The van der Waals surface area contributed by atoms with Crippen LogP contribution in [0.25, 0.3) is 0 Å². The Labute approximate surface area is 131 Å². The van der Waals surface area contributed by atoms with E-state index in [0.717, 1.165) is 12.1 Å². The first-order valence-electron chi connectivity index (χ1n) is 7.35. The lowest BCUT2D eigenvalue weighted by Gasteiger charge is -2.26. The maximum absolute atomic E-state index is 12.1. The number of rotatable bonds is 3. The molecular weight excluding hydrogens is 282 g/mol. The fourth-order valence-corrected chi connectivity index (χ4v) is 3.27. The lowest BCUT2D eigenvalue weighted by atomic mass is 9.80. The van der Waals surface area contributed by atoms with Gasteiger partial charge in [0, 0.05) is 35.2 Å². The van der Waals surface area contributed by atoms with Gasteiger partial charge < -0.3 is 10.0 Å². The number of likely N-dealkylation sites (tertiary alicyclic amines) is 1. The summed E-state index contributed by atoms with van der Waals surface area (Å²) in [6.07, 6.45) is 1.17. The zero-order chi connectivity index (χ0) is 15.5. The van der Waals surface area contributed by atoms with Crippen molar-refractivity contribution in [2.45, 2.75) is 40.2 Å². The highest BCUT2D eigenvalue weighted by Gasteiger charge is 2.36. The molecule has 1 aromatic rings. The Hall–Kier alpha value is -1.31. The zero-order valence-corrected chi connectivity index (χ0v) is 13.8. The molecule has 1 aliphatic heterocycles. The molecule has 0 aliphatic carbocycles. The predicted molar refractivity (Wildman–Crippen MR) is 85.9 cm³/mol. The van der Waals surface area contributed by atoms with E-state index < -0.39 is 0 Å². The summed E-state index contributed by atoms with van der Waals surface area (Å²) in [4.78, 5) is 15.3.